The van der Waals surface area contributed by atoms with Gasteiger partial charge in [0, 0.05) is 22.5 Å². The van der Waals surface area contributed by atoms with E-state index >= 15 is 0 Å². The third-order valence-corrected chi connectivity index (χ3v) is 6.85. The number of furan rings is 1. The molecule has 0 saturated heterocycles. The molecule has 0 unspecified atom stereocenters. The van der Waals surface area contributed by atoms with Crippen LogP contribution in [0.15, 0.2) is 59.1 Å². The minimum atomic E-state index is 0.274. The highest BCUT2D eigenvalue weighted by Crippen LogP contribution is 2.49. The molecule has 2 heterocycles. The highest BCUT2D eigenvalue weighted by Gasteiger charge is 2.41. The van der Waals surface area contributed by atoms with Gasteiger partial charge in [-0.2, -0.15) is 0 Å². The Hall–Kier alpha value is -2.61. The van der Waals surface area contributed by atoms with Gasteiger partial charge in [-0.25, -0.2) is 0 Å². The highest BCUT2D eigenvalue weighted by molar-refractivity contribution is 6.09. The van der Waals surface area contributed by atoms with Gasteiger partial charge in [0.05, 0.1) is 0 Å². The van der Waals surface area contributed by atoms with E-state index in [0.717, 1.165) is 40.7 Å². The molecule has 0 N–H and O–H groups in total. The Balaban J connectivity index is 1.76. The Kier molecular flexibility index (Phi) is 3.34. The standard InChI is InChI=1S/C25H25NO/c1-24(2)14-17-12-20-19-10-11-26-22(16-8-6-5-7-9-16)23(19)27-21(20)13-18(17)15-25(24,3)4/h5-13H,14-15H2,1-4H3. The number of fused-ring (bicyclic) bond motifs is 4. The quantitative estimate of drug-likeness (QED) is 0.375. The lowest BCUT2D eigenvalue weighted by Crippen LogP contribution is -2.40. The molecule has 2 aromatic heterocycles. The predicted octanol–water partition coefficient (Wildman–Crippen LogP) is 6.80. The molecule has 1 aliphatic rings. The lowest BCUT2D eigenvalue weighted by atomic mass is 9.58. The second-order valence-corrected chi connectivity index (χ2v) is 9.24. The van der Waals surface area contributed by atoms with Gasteiger partial charge < -0.3 is 4.42 Å². The summed E-state index contributed by atoms with van der Waals surface area (Å²) < 4.78 is 6.36. The molecule has 0 atom stereocenters. The first kappa shape index (κ1) is 16.6. The van der Waals surface area contributed by atoms with Crippen molar-refractivity contribution < 1.29 is 4.42 Å². The summed E-state index contributed by atoms with van der Waals surface area (Å²) in [4.78, 5) is 4.62. The fraction of sp³-hybridized carbons (Fsp3) is 0.320. The second kappa shape index (κ2) is 5.45. The molecule has 0 saturated carbocycles. The van der Waals surface area contributed by atoms with Gasteiger partial charge in [0.1, 0.15) is 11.3 Å². The van der Waals surface area contributed by atoms with E-state index in [1.807, 2.05) is 24.4 Å². The molecular formula is C25H25NO. The lowest BCUT2D eigenvalue weighted by Gasteiger charge is -2.46. The highest BCUT2D eigenvalue weighted by atomic mass is 16.3. The van der Waals surface area contributed by atoms with Crippen LogP contribution in [-0.4, -0.2) is 4.98 Å². The van der Waals surface area contributed by atoms with Crippen molar-refractivity contribution in [3.05, 3.63) is 65.9 Å². The lowest BCUT2D eigenvalue weighted by molar-refractivity contribution is 0.0967. The Morgan fingerprint density at radius 3 is 2.19 bits per heavy atom. The van der Waals surface area contributed by atoms with E-state index in [1.165, 1.54) is 16.5 Å². The first-order valence-corrected chi connectivity index (χ1v) is 9.74. The van der Waals surface area contributed by atoms with Crippen molar-refractivity contribution in [1.82, 2.24) is 4.98 Å². The Morgan fingerprint density at radius 1 is 0.815 bits per heavy atom. The normalized spacial score (nSPS) is 17.9. The molecule has 0 amide bonds. The van der Waals surface area contributed by atoms with E-state index in [9.17, 15) is 0 Å². The van der Waals surface area contributed by atoms with Crippen LogP contribution in [0, 0.1) is 10.8 Å². The van der Waals surface area contributed by atoms with Gasteiger partial charge in [-0.1, -0.05) is 58.0 Å². The smallest absolute Gasteiger partial charge is 0.161 e. The zero-order valence-corrected chi connectivity index (χ0v) is 16.5. The largest absolute Gasteiger partial charge is 0.454 e. The van der Waals surface area contributed by atoms with Crippen LogP contribution >= 0.6 is 0 Å². The average molecular weight is 355 g/mol. The van der Waals surface area contributed by atoms with Gasteiger partial charge in [-0.15, -0.1) is 0 Å². The van der Waals surface area contributed by atoms with Crippen molar-refractivity contribution in [3.8, 4) is 11.3 Å². The topological polar surface area (TPSA) is 26.0 Å². The molecule has 4 aromatic rings. The summed E-state index contributed by atoms with van der Waals surface area (Å²) in [6.07, 6.45) is 4.09. The Labute approximate surface area is 160 Å². The number of pyridine rings is 1. The molecule has 0 aliphatic heterocycles. The van der Waals surface area contributed by atoms with E-state index in [4.69, 9.17) is 4.42 Å². The van der Waals surface area contributed by atoms with Gasteiger partial charge in [-0.05, 0) is 53.0 Å². The van der Waals surface area contributed by atoms with Gasteiger partial charge in [-0.3, -0.25) is 4.98 Å². The zero-order valence-electron chi connectivity index (χ0n) is 16.5. The van der Waals surface area contributed by atoms with Crippen LogP contribution in [0.5, 0.6) is 0 Å². The molecule has 0 radical (unpaired) electrons. The van der Waals surface area contributed by atoms with Gasteiger partial charge >= 0.3 is 0 Å². The summed E-state index contributed by atoms with van der Waals surface area (Å²) in [7, 11) is 0. The molecule has 0 bridgehead atoms. The third kappa shape index (κ3) is 2.43. The van der Waals surface area contributed by atoms with Gasteiger partial charge in [0.25, 0.3) is 0 Å². The van der Waals surface area contributed by atoms with Crippen LogP contribution in [0.25, 0.3) is 33.2 Å². The van der Waals surface area contributed by atoms with Crippen LogP contribution in [0.4, 0.5) is 0 Å². The number of hydrogen-bond acceptors (Lipinski definition) is 2. The monoisotopic (exact) mass is 355 g/mol. The molecular weight excluding hydrogens is 330 g/mol. The molecule has 2 heteroatoms. The maximum atomic E-state index is 6.36. The molecule has 2 aromatic carbocycles. The molecule has 27 heavy (non-hydrogen) atoms. The van der Waals surface area contributed by atoms with Gasteiger partial charge in [0.2, 0.25) is 0 Å². The van der Waals surface area contributed by atoms with Crippen molar-refractivity contribution in [2.45, 2.75) is 40.5 Å². The number of rotatable bonds is 1. The summed E-state index contributed by atoms with van der Waals surface area (Å²) >= 11 is 0. The fourth-order valence-corrected chi connectivity index (χ4v) is 4.40. The summed E-state index contributed by atoms with van der Waals surface area (Å²) in [5.41, 5.74) is 7.33. The number of hydrogen-bond donors (Lipinski definition) is 0. The summed E-state index contributed by atoms with van der Waals surface area (Å²) in [6.45, 7) is 9.56. The molecule has 136 valence electrons. The van der Waals surface area contributed by atoms with Gasteiger partial charge in [0.15, 0.2) is 5.58 Å². The SMILES string of the molecule is CC1(C)Cc2cc3oc4c(-c5ccccc5)nccc4c3cc2CC1(C)C. The van der Waals surface area contributed by atoms with E-state index in [1.54, 1.807) is 0 Å². The summed E-state index contributed by atoms with van der Waals surface area (Å²) in [5, 5.41) is 2.36. The molecule has 5 rings (SSSR count). The summed E-state index contributed by atoms with van der Waals surface area (Å²) in [5.74, 6) is 0. The van der Waals surface area contributed by atoms with Crippen LogP contribution in [0.2, 0.25) is 0 Å². The molecule has 2 nitrogen and oxygen atoms in total. The molecule has 1 aliphatic carbocycles. The first-order valence-electron chi connectivity index (χ1n) is 9.74. The van der Waals surface area contributed by atoms with Crippen LogP contribution in [0.3, 0.4) is 0 Å². The molecule has 0 spiro atoms. The van der Waals surface area contributed by atoms with Crippen LogP contribution in [0.1, 0.15) is 38.8 Å². The molecule has 0 fully saturated rings. The van der Waals surface area contributed by atoms with Crippen molar-refractivity contribution in [2.24, 2.45) is 10.8 Å². The summed E-state index contributed by atoms with van der Waals surface area (Å²) in [6, 6.07) is 17.0. The average Bonchev–Trinajstić information content (AvgIpc) is 2.98. The predicted molar refractivity (Wildman–Crippen MR) is 112 cm³/mol. The maximum absolute atomic E-state index is 6.36. The number of benzene rings is 2. The van der Waals surface area contributed by atoms with E-state index in [-0.39, 0.29) is 10.8 Å². The number of aromatic nitrogens is 1. The number of nitrogens with zero attached hydrogens (tertiary/aromatic N) is 1. The van der Waals surface area contributed by atoms with E-state index in [2.05, 4.69) is 63.0 Å². The first-order chi connectivity index (χ1) is 12.9. The zero-order chi connectivity index (χ0) is 18.8. The minimum Gasteiger partial charge on any atom is -0.454 e. The van der Waals surface area contributed by atoms with Crippen LogP contribution in [-0.2, 0) is 12.8 Å². The van der Waals surface area contributed by atoms with Crippen molar-refractivity contribution in [3.63, 3.8) is 0 Å². The van der Waals surface area contributed by atoms with Crippen molar-refractivity contribution in [1.29, 1.82) is 0 Å². The Morgan fingerprint density at radius 2 is 1.48 bits per heavy atom. The van der Waals surface area contributed by atoms with E-state index < -0.39 is 0 Å². The minimum absolute atomic E-state index is 0.274. The van der Waals surface area contributed by atoms with E-state index in [0.29, 0.717) is 0 Å². The van der Waals surface area contributed by atoms with Crippen molar-refractivity contribution >= 4 is 21.9 Å². The van der Waals surface area contributed by atoms with Crippen molar-refractivity contribution in [2.75, 3.05) is 0 Å². The maximum Gasteiger partial charge on any atom is 0.161 e. The Bertz CT molecular complexity index is 1170. The second-order valence-electron chi connectivity index (χ2n) is 9.24. The van der Waals surface area contributed by atoms with Crippen LogP contribution < -0.4 is 0 Å². The third-order valence-electron chi connectivity index (χ3n) is 6.85. The fourth-order valence-electron chi connectivity index (χ4n) is 4.40.